The Kier molecular flexibility index (Phi) is 7.10. The third kappa shape index (κ3) is 4.20. The van der Waals surface area contributed by atoms with Crippen LogP contribution in [-0.2, 0) is 25.5 Å². The van der Waals surface area contributed by atoms with E-state index in [1.807, 2.05) is 0 Å². The van der Waals surface area contributed by atoms with Gasteiger partial charge in [0.1, 0.15) is 22.8 Å². The van der Waals surface area contributed by atoms with Gasteiger partial charge in [-0.15, -0.1) is 0 Å². The van der Waals surface area contributed by atoms with E-state index in [-0.39, 0.29) is 29.7 Å². The van der Waals surface area contributed by atoms with E-state index in [1.165, 1.54) is 24.1 Å². The van der Waals surface area contributed by atoms with E-state index < -0.39 is 64.0 Å². The topological polar surface area (TPSA) is 191 Å². The van der Waals surface area contributed by atoms with Crippen molar-refractivity contribution in [3.8, 4) is 16.9 Å². The lowest BCUT2D eigenvalue weighted by Gasteiger charge is -2.50. The number of phenolic OH excluding ortho intramolecular Hbond substituents is 1. The Hall–Kier alpha value is -4.68. The number of Topliss-reactive ketones (excluding diaryl/α,β-unsaturated/α-hetero) is 2. The van der Waals surface area contributed by atoms with E-state index in [0.29, 0.717) is 27.9 Å². The highest BCUT2D eigenvalue weighted by atomic mass is 16.5. The van der Waals surface area contributed by atoms with Crippen LogP contribution in [0.1, 0.15) is 27.9 Å². The van der Waals surface area contributed by atoms with Crippen LogP contribution in [0.4, 0.5) is 5.69 Å². The van der Waals surface area contributed by atoms with Crippen LogP contribution >= 0.6 is 0 Å². The minimum absolute atomic E-state index is 0.00384. The Morgan fingerprint density at radius 3 is 2.21 bits per heavy atom. The smallest absolute Gasteiger partial charge is 0.337 e. The second kappa shape index (κ2) is 10.2. The largest absolute Gasteiger partial charge is 0.508 e. The fourth-order valence-corrected chi connectivity index (χ4v) is 6.81. The van der Waals surface area contributed by atoms with Crippen molar-refractivity contribution in [2.45, 2.75) is 24.5 Å². The van der Waals surface area contributed by atoms with Crippen LogP contribution in [0.15, 0.2) is 47.2 Å². The van der Waals surface area contributed by atoms with Gasteiger partial charge < -0.3 is 35.8 Å². The van der Waals surface area contributed by atoms with Gasteiger partial charge in [-0.25, -0.2) is 4.79 Å². The van der Waals surface area contributed by atoms with Gasteiger partial charge in [-0.1, -0.05) is 12.1 Å². The number of nitrogens with two attached hydrogens (primary N) is 1. The summed E-state index contributed by atoms with van der Waals surface area (Å²) in [4.78, 5) is 54.8. The summed E-state index contributed by atoms with van der Waals surface area (Å²) < 4.78 is 4.75. The molecule has 12 heteroatoms. The van der Waals surface area contributed by atoms with Crippen molar-refractivity contribution in [1.82, 2.24) is 4.90 Å². The quantitative estimate of drug-likeness (QED) is 0.250. The molecule has 1 amide bonds. The monoisotopic (exact) mass is 591 g/mol. The lowest BCUT2D eigenvalue weighted by atomic mass is 9.57. The maximum Gasteiger partial charge on any atom is 0.337 e. The normalized spacial score (nSPS) is 24.9. The summed E-state index contributed by atoms with van der Waals surface area (Å²) in [6, 6.07) is 6.85. The molecule has 4 atom stereocenters. The molecule has 0 aromatic heterocycles. The molecular formula is C31H33N3O9. The van der Waals surface area contributed by atoms with Crippen molar-refractivity contribution in [2.75, 3.05) is 40.2 Å². The molecule has 6 N–H and O–H groups in total. The molecule has 0 saturated heterocycles. The first-order valence-corrected chi connectivity index (χ1v) is 13.6. The first kappa shape index (κ1) is 29.8. The molecular weight excluding hydrogens is 558 g/mol. The maximum atomic E-state index is 14.1. The zero-order valence-electron chi connectivity index (χ0n) is 24.3. The number of fused-ring (bicyclic) bond motifs is 3. The highest BCUT2D eigenvalue weighted by Gasteiger charge is 2.64. The van der Waals surface area contributed by atoms with E-state index in [1.54, 1.807) is 51.3 Å². The third-order valence-electron chi connectivity index (χ3n) is 8.80. The van der Waals surface area contributed by atoms with Crippen LogP contribution in [0.3, 0.4) is 0 Å². The SMILES string of the molecule is COC(=O)c1ccc(-c2cc(N(C)C)c3c(c2O)C(O)=C2C(=O)[C@]4(O)C(O)=C(C(N)=O)C(=O)[C@@H](N(C)C)[C@H]4C[C@@H]2C3)cc1. The second-order valence-corrected chi connectivity index (χ2v) is 11.6. The average molecular weight is 592 g/mol. The lowest BCUT2D eigenvalue weighted by molar-refractivity contribution is -0.153. The number of phenols is 1. The zero-order chi connectivity index (χ0) is 31.7. The van der Waals surface area contributed by atoms with Gasteiger partial charge in [-0.3, -0.25) is 19.3 Å². The number of anilines is 1. The van der Waals surface area contributed by atoms with Crippen molar-refractivity contribution in [3.05, 3.63) is 63.9 Å². The van der Waals surface area contributed by atoms with Gasteiger partial charge in [0.05, 0.1) is 24.3 Å². The van der Waals surface area contributed by atoms with Crippen molar-refractivity contribution >= 4 is 34.9 Å². The summed E-state index contributed by atoms with van der Waals surface area (Å²) in [6.45, 7) is 0. The number of primary amides is 1. The molecule has 0 heterocycles. The summed E-state index contributed by atoms with van der Waals surface area (Å²) >= 11 is 0. The van der Waals surface area contributed by atoms with E-state index in [4.69, 9.17) is 10.5 Å². The summed E-state index contributed by atoms with van der Waals surface area (Å²) in [5.41, 5.74) is 3.85. The van der Waals surface area contributed by atoms with Gasteiger partial charge in [0.25, 0.3) is 5.91 Å². The van der Waals surface area contributed by atoms with Crippen molar-refractivity contribution < 1.29 is 44.3 Å². The number of benzene rings is 2. The summed E-state index contributed by atoms with van der Waals surface area (Å²) in [6.07, 6.45) is 0.160. The number of methoxy groups -OCH3 is 1. The average Bonchev–Trinajstić information content (AvgIpc) is 2.94. The van der Waals surface area contributed by atoms with E-state index in [9.17, 15) is 39.6 Å². The number of nitrogens with zero attached hydrogens (tertiary/aromatic N) is 2. The number of esters is 1. The Morgan fingerprint density at radius 2 is 1.67 bits per heavy atom. The van der Waals surface area contributed by atoms with Gasteiger partial charge >= 0.3 is 5.97 Å². The number of aliphatic hydroxyl groups excluding tert-OH is 2. The lowest BCUT2D eigenvalue weighted by Crippen LogP contribution is -2.65. The van der Waals surface area contributed by atoms with Gasteiger partial charge in [-0.2, -0.15) is 0 Å². The number of likely N-dealkylation sites (N-methyl/N-ethyl adjacent to an activating group) is 1. The molecule has 5 rings (SSSR count). The molecule has 1 fully saturated rings. The fraction of sp³-hybridized carbons (Fsp3) is 0.355. The first-order valence-electron chi connectivity index (χ1n) is 13.6. The van der Waals surface area contributed by atoms with Crippen molar-refractivity contribution in [1.29, 1.82) is 0 Å². The number of hydrogen-bond acceptors (Lipinski definition) is 11. The highest BCUT2D eigenvalue weighted by Crippen LogP contribution is 2.54. The fourth-order valence-electron chi connectivity index (χ4n) is 6.81. The van der Waals surface area contributed by atoms with Gasteiger partial charge in [0, 0.05) is 36.8 Å². The van der Waals surface area contributed by atoms with Crippen molar-refractivity contribution in [3.63, 3.8) is 0 Å². The predicted octanol–water partition coefficient (Wildman–Crippen LogP) is 1.48. The zero-order valence-corrected chi connectivity index (χ0v) is 24.3. The van der Waals surface area contributed by atoms with E-state index in [2.05, 4.69) is 0 Å². The van der Waals surface area contributed by atoms with Crippen LogP contribution in [0.5, 0.6) is 5.75 Å². The van der Waals surface area contributed by atoms with Crippen LogP contribution in [-0.4, -0.2) is 95.7 Å². The van der Waals surface area contributed by atoms with Crippen LogP contribution in [0, 0.1) is 11.8 Å². The molecule has 3 aliphatic rings. The Morgan fingerprint density at radius 1 is 1.05 bits per heavy atom. The number of carbonyl (C=O) groups excluding carboxylic acids is 4. The Bertz CT molecular complexity index is 1660. The van der Waals surface area contributed by atoms with Crippen molar-refractivity contribution in [2.24, 2.45) is 17.6 Å². The molecule has 226 valence electrons. The van der Waals surface area contributed by atoms with Crippen LogP contribution < -0.4 is 10.6 Å². The minimum atomic E-state index is -2.72. The second-order valence-electron chi connectivity index (χ2n) is 11.6. The number of carbonyl (C=O) groups is 4. The molecule has 12 nitrogen and oxygen atoms in total. The standard InChI is InChI=1S/C31H33N3O9/c1-33(2)19-12-16(13-6-8-14(9-7-13)30(41)43-5)24(35)21-17(19)10-15-11-18-23(34(3)4)26(37)22(29(32)40)28(39)31(18,42)27(38)20(15)25(21)36/h6-9,12,15,18,23,35-36,39,42H,10-11H2,1-5H3,(H2,32,40)/t15-,18+,23-,31-/m0/s1. The number of ether oxygens (including phenoxy) is 1. The molecule has 0 bridgehead atoms. The molecule has 2 aromatic carbocycles. The van der Waals surface area contributed by atoms with Gasteiger partial charge in [0.15, 0.2) is 11.4 Å². The van der Waals surface area contributed by atoms with E-state index in [0.717, 1.165) is 0 Å². The number of ketones is 2. The Labute approximate surface area is 247 Å². The molecule has 1 saturated carbocycles. The molecule has 0 radical (unpaired) electrons. The number of aromatic hydroxyl groups is 1. The molecule has 0 unspecified atom stereocenters. The molecule has 43 heavy (non-hydrogen) atoms. The van der Waals surface area contributed by atoms with Gasteiger partial charge in [0.2, 0.25) is 5.78 Å². The number of rotatable bonds is 5. The molecule has 3 aliphatic carbocycles. The Balaban J connectivity index is 1.73. The number of hydrogen-bond donors (Lipinski definition) is 5. The maximum absolute atomic E-state index is 14.1. The number of amides is 1. The predicted molar refractivity (Wildman–Crippen MR) is 155 cm³/mol. The summed E-state index contributed by atoms with van der Waals surface area (Å²) in [5, 5.41) is 46.1. The summed E-state index contributed by atoms with van der Waals surface area (Å²) in [5.74, 6) is -7.61. The minimum Gasteiger partial charge on any atom is -0.508 e. The molecule has 2 aromatic rings. The third-order valence-corrected chi connectivity index (χ3v) is 8.80. The van der Waals surface area contributed by atoms with Gasteiger partial charge in [-0.05, 0) is 62.2 Å². The van der Waals surface area contributed by atoms with E-state index >= 15 is 0 Å². The van der Waals surface area contributed by atoms with Crippen LogP contribution in [0.2, 0.25) is 0 Å². The summed E-state index contributed by atoms with van der Waals surface area (Å²) in [7, 11) is 7.94. The highest BCUT2D eigenvalue weighted by molar-refractivity contribution is 6.24. The molecule has 0 aliphatic heterocycles. The number of aliphatic hydroxyl groups is 3. The first-order chi connectivity index (χ1) is 20.2. The molecule has 0 spiro atoms. The van der Waals surface area contributed by atoms with Crippen LogP contribution in [0.25, 0.3) is 16.9 Å².